The van der Waals surface area contributed by atoms with E-state index < -0.39 is 0 Å². The Bertz CT molecular complexity index is 641. The van der Waals surface area contributed by atoms with Crippen molar-refractivity contribution in [2.24, 2.45) is 0 Å². The number of hydrogen-bond acceptors (Lipinski definition) is 4. The minimum absolute atomic E-state index is 0.235. The molecule has 0 fully saturated rings. The first kappa shape index (κ1) is 12.2. The monoisotopic (exact) mass is 274 g/mol. The minimum Gasteiger partial charge on any atom is -0.394 e. The zero-order valence-corrected chi connectivity index (χ0v) is 11.6. The summed E-state index contributed by atoms with van der Waals surface area (Å²) in [5.41, 5.74) is 9.89. The Kier molecular flexibility index (Phi) is 2.82. The lowest BCUT2D eigenvalue weighted by molar-refractivity contribution is 0.749. The third kappa shape index (κ3) is 1.92. The molecule has 0 radical (unpaired) electrons. The molecule has 19 heavy (non-hydrogen) atoms. The predicted molar refractivity (Wildman–Crippen MR) is 77.9 cm³/mol. The Labute approximate surface area is 117 Å². The molecule has 1 aromatic carbocycles. The number of hydrogen-bond donors (Lipinski definition) is 1. The van der Waals surface area contributed by atoms with E-state index in [0.29, 0.717) is 23.2 Å². The fourth-order valence-corrected chi connectivity index (χ4v) is 2.81. The first-order valence-corrected chi connectivity index (χ1v) is 6.62. The van der Waals surface area contributed by atoms with Crippen LogP contribution in [0.4, 0.5) is 17.2 Å². The van der Waals surface area contributed by atoms with Crippen molar-refractivity contribution in [3.8, 4) is 0 Å². The van der Waals surface area contributed by atoms with Crippen LogP contribution in [0, 0.1) is 6.92 Å². The molecule has 1 aliphatic heterocycles. The zero-order valence-electron chi connectivity index (χ0n) is 10.9. The number of fused-ring (bicyclic) bond motifs is 1. The number of nitrogens with zero attached hydrogens (tertiary/aromatic N) is 3. The molecule has 98 valence electrons. The van der Waals surface area contributed by atoms with E-state index in [-0.39, 0.29) is 5.28 Å². The van der Waals surface area contributed by atoms with Crippen molar-refractivity contribution in [3.05, 3.63) is 40.8 Å². The normalized spacial score (nSPS) is 17.6. The average Bonchev–Trinajstić information content (AvgIpc) is 2.70. The molecule has 1 aromatic heterocycles. The molecular formula is C14H15ClN4. The van der Waals surface area contributed by atoms with Gasteiger partial charge in [0.25, 0.3) is 0 Å². The third-order valence-corrected chi connectivity index (χ3v) is 3.69. The highest BCUT2D eigenvalue weighted by Crippen LogP contribution is 2.40. The maximum atomic E-state index is 6.13. The van der Waals surface area contributed by atoms with Crippen LogP contribution in [0.15, 0.2) is 24.3 Å². The number of halogens is 1. The summed E-state index contributed by atoms with van der Waals surface area (Å²) in [6, 6.07) is 8.61. The summed E-state index contributed by atoms with van der Waals surface area (Å²) in [6.07, 6.45) is 0.982. The summed E-state index contributed by atoms with van der Waals surface area (Å²) in [5.74, 6) is 0.704. The SMILES string of the molecule is Cc1nc(Cl)nc(N2c3ccccc3CC2C)c1N. The fourth-order valence-electron chi connectivity index (χ4n) is 2.60. The lowest BCUT2D eigenvalue weighted by Crippen LogP contribution is -2.26. The van der Waals surface area contributed by atoms with Gasteiger partial charge in [-0.2, -0.15) is 4.98 Å². The van der Waals surface area contributed by atoms with E-state index in [9.17, 15) is 0 Å². The molecule has 1 atom stereocenters. The highest BCUT2D eigenvalue weighted by Gasteiger charge is 2.29. The molecule has 0 spiro atoms. The Morgan fingerprint density at radius 3 is 2.84 bits per heavy atom. The van der Waals surface area contributed by atoms with Gasteiger partial charge in [0, 0.05) is 11.7 Å². The third-order valence-electron chi connectivity index (χ3n) is 3.52. The van der Waals surface area contributed by atoms with E-state index in [2.05, 4.69) is 40.0 Å². The maximum Gasteiger partial charge on any atom is 0.224 e. The molecular weight excluding hydrogens is 260 g/mol. The number of benzene rings is 1. The highest BCUT2D eigenvalue weighted by atomic mass is 35.5. The lowest BCUT2D eigenvalue weighted by atomic mass is 10.1. The van der Waals surface area contributed by atoms with Gasteiger partial charge >= 0.3 is 0 Å². The smallest absolute Gasteiger partial charge is 0.224 e. The zero-order chi connectivity index (χ0) is 13.6. The number of aryl methyl sites for hydroxylation is 1. The van der Waals surface area contributed by atoms with E-state index >= 15 is 0 Å². The van der Waals surface area contributed by atoms with E-state index in [1.165, 1.54) is 5.56 Å². The van der Waals surface area contributed by atoms with Crippen molar-refractivity contribution in [2.75, 3.05) is 10.6 Å². The standard InChI is InChI=1S/C14H15ClN4/c1-8-7-10-5-3-4-6-11(10)19(8)13-12(16)9(2)17-14(15)18-13/h3-6,8H,7,16H2,1-2H3. The Morgan fingerprint density at radius 1 is 1.32 bits per heavy atom. The molecule has 5 heteroatoms. The van der Waals surface area contributed by atoms with Gasteiger partial charge in [-0.1, -0.05) is 18.2 Å². The van der Waals surface area contributed by atoms with Crippen molar-refractivity contribution >= 4 is 28.8 Å². The highest BCUT2D eigenvalue weighted by molar-refractivity contribution is 6.28. The van der Waals surface area contributed by atoms with Crippen LogP contribution in [0.5, 0.6) is 0 Å². The first-order chi connectivity index (χ1) is 9.08. The second-order valence-electron chi connectivity index (χ2n) is 4.87. The number of anilines is 3. The number of aromatic nitrogens is 2. The van der Waals surface area contributed by atoms with Crippen LogP contribution in [-0.2, 0) is 6.42 Å². The van der Waals surface area contributed by atoms with Crippen LogP contribution in [0.1, 0.15) is 18.2 Å². The van der Waals surface area contributed by atoms with Gasteiger partial charge in [-0.05, 0) is 43.5 Å². The van der Waals surface area contributed by atoms with Gasteiger partial charge in [-0.25, -0.2) is 4.98 Å². The van der Waals surface area contributed by atoms with Crippen LogP contribution in [-0.4, -0.2) is 16.0 Å². The predicted octanol–water partition coefficient (Wildman–Crippen LogP) is 3.10. The number of nitrogens with two attached hydrogens (primary N) is 1. The summed E-state index contributed by atoms with van der Waals surface area (Å²) in [7, 11) is 0. The largest absolute Gasteiger partial charge is 0.394 e. The second-order valence-corrected chi connectivity index (χ2v) is 5.21. The number of rotatable bonds is 1. The van der Waals surface area contributed by atoms with E-state index in [0.717, 1.165) is 12.1 Å². The summed E-state index contributed by atoms with van der Waals surface area (Å²) in [6.45, 7) is 4.00. The van der Waals surface area contributed by atoms with Gasteiger partial charge in [0.1, 0.15) is 0 Å². The molecule has 0 aliphatic carbocycles. The topological polar surface area (TPSA) is 55.0 Å². The molecule has 0 amide bonds. The average molecular weight is 275 g/mol. The molecule has 0 saturated heterocycles. The molecule has 0 bridgehead atoms. The summed E-state index contributed by atoms with van der Waals surface area (Å²) >= 11 is 5.97. The maximum absolute atomic E-state index is 6.13. The van der Waals surface area contributed by atoms with Gasteiger partial charge in [-0.3, -0.25) is 0 Å². The first-order valence-electron chi connectivity index (χ1n) is 6.24. The molecule has 1 unspecified atom stereocenters. The fraction of sp³-hybridized carbons (Fsp3) is 0.286. The second kappa shape index (κ2) is 4.38. The lowest BCUT2D eigenvalue weighted by Gasteiger charge is -2.25. The molecule has 2 N–H and O–H groups in total. The van der Waals surface area contributed by atoms with Crippen molar-refractivity contribution in [1.82, 2.24) is 9.97 Å². The van der Waals surface area contributed by atoms with Gasteiger partial charge in [0.05, 0.1) is 11.4 Å². The Balaban J connectivity index is 2.18. The van der Waals surface area contributed by atoms with E-state index in [4.69, 9.17) is 17.3 Å². The molecule has 2 heterocycles. The Hall–Kier alpha value is -1.81. The Morgan fingerprint density at radius 2 is 2.05 bits per heavy atom. The van der Waals surface area contributed by atoms with Crippen LogP contribution >= 0.6 is 11.6 Å². The van der Waals surface area contributed by atoms with Crippen molar-refractivity contribution < 1.29 is 0 Å². The molecule has 4 nitrogen and oxygen atoms in total. The molecule has 3 rings (SSSR count). The molecule has 2 aromatic rings. The van der Waals surface area contributed by atoms with Crippen molar-refractivity contribution in [3.63, 3.8) is 0 Å². The van der Waals surface area contributed by atoms with E-state index in [1.807, 2.05) is 13.0 Å². The van der Waals surface area contributed by atoms with Crippen LogP contribution in [0.3, 0.4) is 0 Å². The van der Waals surface area contributed by atoms with Gasteiger partial charge < -0.3 is 10.6 Å². The van der Waals surface area contributed by atoms with Crippen molar-refractivity contribution in [1.29, 1.82) is 0 Å². The van der Waals surface area contributed by atoms with Crippen LogP contribution in [0.2, 0.25) is 5.28 Å². The molecule has 0 saturated carbocycles. The minimum atomic E-state index is 0.235. The van der Waals surface area contributed by atoms with Crippen molar-refractivity contribution in [2.45, 2.75) is 26.3 Å². The quantitative estimate of drug-likeness (QED) is 0.812. The van der Waals surface area contributed by atoms with Gasteiger partial charge in [-0.15, -0.1) is 0 Å². The summed E-state index contributed by atoms with van der Waals surface area (Å²) in [4.78, 5) is 10.6. The summed E-state index contributed by atoms with van der Waals surface area (Å²) in [5, 5.41) is 0.235. The van der Waals surface area contributed by atoms with Crippen LogP contribution in [0.25, 0.3) is 0 Å². The summed E-state index contributed by atoms with van der Waals surface area (Å²) < 4.78 is 0. The number of para-hydroxylation sites is 1. The van der Waals surface area contributed by atoms with Gasteiger partial charge in [0.15, 0.2) is 5.82 Å². The molecule has 1 aliphatic rings. The van der Waals surface area contributed by atoms with E-state index in [1.54, 1.807) is 0 Å². The van der Waals surface area contributed by atoms with Gasteiger partial charge in [0.2, 0.25) is 5.28 Å². The van der Waals surface area contributed by atoms with Crippen LogP contribution < -0.4 is 10.6 Å². The number of nitrogen functional groups attached to an aromatic ring is 1.